The molecule has 0 spiro atoms. The molecule has 0 saturated carbocycles. The highest BCUT2D eigenvalue weighted by Gasteiger charge is 2.12. The number of aliphatic carboxylic acids is 1. The highest BCUT2D eigenvalue weighted by Crippen LogP contribution is 2.35. The summed E-state index contributed by atoms with van der Waals surface area (Å²) in [5, 5.41) is 12.3. The van der Waals surface area contributed by atoms with Gasteiger partial charge in [-0.2, -0.15) is 0 Å². The number of benzene rings is 2. The first-order valence-electron chi connectivity index (χ1n) is 8.89. The van der Waals surface area contributed by atoms with Crippen molar-refractivity contribution in [2.75, 3.05) is 5.32 Å². The molecule has 0 radical (unpaired) electrons. The van der Waals surface area contributed by atoms with Crippen molar-refractivity contribution in [2.45, 2.75) is 40.2 Å². The second kappa shape index (κ2) is 9.80. The van der Waals surface area contributed by atoms with Crippen LogP contribution in [0.1, 0.15) is 37.0 Å². The maximum absolute atomic E-state index is 11.9. The number of anilines is 1. The van der Waals surface area contributed by atoms with Crippen LogP contribution < -0.4 is 10.1 Å². The largest absolute Gasteiger partial charge is 0.486 e. The first-order valence-corrected chi connectivity index (χ1v) is 9.65. The van der Waals surface area contributed by atoms with Crippen molar-refractivity contribution in [3.8, 4) is 5.75 Å². The fourth-order valence-electron chi connectivity index (χ4n) is 2.61. The van der Waals surface area contributed by atoms with Gasteiger partial charge in [0.25, 0.3) is 0 Å². The molecular weight excluding hydrogens is 401 g/mol. The highest BCUT2D eigenvalue weighted by atomic mass is 35.5. The molecule has 0 atom stereocenters. The molecule has 1 amide bonds. The molecule has 0 fully saturated rings. The molecule has 0 aromatic heterocycles. The van der Waals surface area contributed by atoms with E-state index in [4.69, 9.17) is 33.0 Å². The average molecular weight is 424 g/mol. The predicted octanol–water partition coefficient (Wildman–Crippen LogP) is 5.49. The summed E-state index contributed by atoms with van der Waals surface area (Å²) >= 11 is 12.5. The van der Waals surface area contributed by atoms with E-state index < -0.39 is 5.97 Å². The Balaban J connectivity index is 2.12. The zero-order valence-corrected chi connectivity index (χ0v) is 17.5. The Morgan fingerprint density at radius 2 is 1.71 bits per heavy atom. The van der Waals surface area contributed by atoms with Gasteiger partial charge in [-0.1, -0.05) is 43.1 Å². The second-order valence-electron chi connectivity index (χ2n) is 6.92. The molecule has 0 saturated heterocycles. The van der Waals surface area contributed by atoms with Gasteiger partial charge in [0.2, 0.25) is 5.91 Å². The minimum absolute atomic E-state index is 0.00102. The molecule has 2 rings (SSSR count). The van der Waals surface area contributed by atoms with Crippen molar-refractivity contribution in [2.24, 2.45) is 5.92 Å². The number of carbonyl (C=O) groups excluding carboxylic acids is 1. The van der Waals surface area contributed by atoms with E-state index in [1.165, 1.54) is 0 Å². The second-order valence-corrected chi connectivity index (χ2v) is 7.74. The summed E-state index contributed by atoms with van der Waals surface area (Å²) in [5.74, 6) is -0.706. The van der Waals surface area contributed by atoms with Crippen LogP contribution in [0.3, 0.4) is 0 Å². The Kier molecular flexibility index (Phi) is 7.72. The van der Waals surface area contributed by atoms with Gasteiger partial charge in [0.15, 0.2) is 5.75 Å². The van der Waals surface area contributed by atoms with Crippen LogP contribution in [0.15, 0.2) is 30.3 Å². The molecule has 0 aliphatic carbocycles. The van der Waals surface area contributed by atoms with Crippen molar-refractivity contribution in [3.05, 3.63) is 57.1 Å². The molecule has 0 aliphatic rings. The van der Waals surface area contributed by atoms with Gasteiger partial charge in [-0.15, -0.1) is 0 Å². The SMILES string of the molecule is Cc1cc(COc2c(Cl)cc(CCC(=O)O)cc2Cl)cc(NC(=O)C(C)C)c1. The fraction of sp³-hybridized carbons (Fsp3) is 0.333. The number of carboxylic acid groups (broad SMARTS) is 1. The highest BCUT2D eigenvalue weighted by molar-refractivity contribution is 6.37. The molecular formula is C21H23Cl2NO4. The van der Waals surface area contributed by atoms with Crippen LogP contribution in [0.2, 0.25) is 10.0 Å². The summed E-state index contributed by atoms with van der Waals surface area (Å²) in [6, 6.07) is 9.01. The number of carbonyl (C=O) groups is 2. The zero-order chi connectivity index (χ0) is 20.8. The van der Waals surface area contributed by atoms with E-state index in [2.05, 4.69) is 5.32 Å². The smallest absolute Gasteiger partial charge is 0.303 e. The van der Waals surface area contributed by atoms with Crippen molar-refractivity contribution >= 4 is 40.8 Å². The van der Waals surface area contributed by atoms with E-state index in [0.717, 1.165) is 16.7 Å². The van der Waals surface area contributed by atoms with Gasteiger partial charge in [0.1, 0.15) is 6.61 Å². The zero-order valence-electron chi connectivity index (χ0n) is 16.0. The Hall–Kier alpha value is -2.24. The van der Waals surface area contributed by atoms with Crippen molar-refractivity contribution in [3.63, 3.8) is 0 Å². The average Bonchev–Trinajstić information content (AvgIpc) is 2.58. The van der Waals surface area contributed by atoms with Gasteiger partial charge in [0.05, 0.1) is 10.0 Å². The lowest BCUT2D eigenvalue weighted by Crippen LogP contribution is -2.18. The van der Waals surface area contributed by atoms with Crippen molar-refractivity contribution in [1.82, 2.24) is 0 Å². The van der Waals surface area contributed by atoms with E-state index in [0.29, 0.717) is 27.9 Å². The number of halogens is 2. The Labute approximate surface area is 174 Å². The summed E-state index contributed by atoms with van der Waals surface area (Å²) in [5.41, 5.74) is 3.29. The number of aryl methyl sites for hydroxylation is 2. The van der Waals surface area contributed by atoms with Crippen molar-refractivity contribution in [1.29, 1.82) is 0 Å². The summed E-state index contributed by atoms with van der Waals surface area (Å²) in [7, 11) is 0. The third-order valence-corrected chi connectivity index (χ3v) is 4.56. The Morgan fingerprint density at radius 3 is 2.29 bits per heavy atom. The van der Waals surface area contributed by atoms with E-state index in [-0.39, 0.29) is 24.9 Å². The first-order chi connectivity index (χ1) is 13.2. The van der Waals surface area contributed by atoms with Crippen LogP contribution in [0.4, 0.5) is 5.69 Å². The first kappa shape index (κ1) is 22.1. The lowest BCUT2D eigenvalue weighted by Gasteiger charge is -2.14. The summed E-state index contributed by atoms with van der Waals surface area (Å²) in [4.78, 5) is 22.6. The van der Waals surface area contributed by atoms with Gasteiger partial charge in [-0.25, -0.2) is 0 Å². The number of hydrogen-bond acceptors (Lipinski definition) is 3. The topological polar surface area (TPSA) is 75.6 Å². The van der Waals surface area contributed by atoms with E-state index in [1.54, 1.807) is 12.1 Å². The molecule has 0 heterocycles. The predicted molar refractivity (Wildman–Crippen MR) is 111 cm³/mol. The summed E-state index contributed by atoms with van der Waals surface area (Å²) in [6.45, 7) is 5.82. The van der Waals surface area contributed by atoms with E-state index >= 15 is 0 Å². The molecule has 0 aliphatic heterocycles. The Morgan fingerprint density at radius 1 is 1.07 bits per heavy atom. The van der Waals surface area contributed by atoms with Crippen LogP contribution in [0.25, 0.3) is 0 Å². The molecule has 5 nitrogen and oxygen atoms in total. The molecule has 2 N–H and O–H groups in total. The van der Waals surface area contributed by atoms with Crippen molar-refractivity contribution < 1.29 is 19.4 Å². The van der Waals surface area contributed by atoms with Gasteiger partial charge in [-0.3, -0.25) is 9.59 Å². The standard InChI is InChI=1S/C21H23Cl2NO4/c1-12(2)21(27)24-16-7-13(3)6-15(8-16)11-28-20-17(22)9-14(10-18(20)23)4-5-19(25)26/h6-10,12H,4-5,11H2,1-3H3,(H,24,27)(H,25,26). The molecule has 0 unspecified atom stereocenters. The van der Waals surface area contributed by atoms with Gasteiger partial charge >= 0.3 is 5.97 Å². The Bertz CT molecular complexity index is 858. The minimum atomic E-state index is -0.882. The van der Waals surface area contributed by atoms with Crippen LogP contribution in [-0.4, -0.2) is 17.0 Å². The quantitative estimate of drug-likeness (QED) is 0.588. The molecule has 0 bridgehead atoms. The van der Waals surface area contributed by atoms with E-state index in [1.807, 2.05) is 39.0 Å². The lowest BCUT2D eigenvalue weighted by molar-refractivity contribution is -0.137. The van der Waals surface area contributed by atoms with Gasteiger partial charge < -0.3 is 15.2 Å². The van der Waals surface area contributed by atoms with Gasteiger partial charge in [0, 0.05) is 18.0 Å². The van der Waals surface area contributed by atoms with Crippen LogP contribution in [-0.2, 0) is 22.6 Å². The number of carboxylic acids is 1. The molecule has 7 heteroatoms. The lowest BCUT2D eigenvalue weighted by atomic mass is 10.1. The third kappa shape index (κ3) is 6.43. The normalized spacial score (nSPS) is 10.8. The number of ether oxygens (including phenoxy) is 1. The maximum Gasteiger partial charge on any atom is 0.303 e. The minimum Gasteiger partial charge on any atom is -0.486 e. The number of rotatable bonds is 8. The number of nitrogens with one attached hydrogen (secondary N) is 1. The molecule has 150 valence electrons. The molecule has 2 aromatic rings. The summed E-state index contributed by atoms with van der Waals surface area (Å²) in [6.07, 6.45) is 0.340. The fourth-order valence-corrected chi connectivity index (χ4v) is 3.25. The van der Waals surface area contributed by atoms with Crippen LogP contribution in [0.5, 0.6) is 5.75 Å². The monoisotopic (exact) mass is 423 g/mol. The molecule has 2 aromatic carbocycles. The van der Waals surface area contributed by atoms with Crippen LogP contribution >= 0.6 is 23.2 Å². The van der Waals surface area contributed by atoms with Gasteiger partial charge in [-0.05, 0) is 54.3 Å². The number of hydrogen-bond donors (Lipinski definition) is 2. The summed E-state index contributed by atoms with van der Waals surface area (Å²) < 4.78 is 5.80. The third-order valence-electron chi connectivity index (χ3n) is 4.00. The van der Waals surface area contributed by atoms with E-state index in [9.17, 15) is 9.59 Å². The number of amides is 1. The molecule has 28 heavy (non-hydrogen) atoms. The maximum atomic E-state index is 11.9. The van der Waals surface area contributed by atoms with Crippen LogP contribution in [0, 0.1) is 12.8 Å².